The van der Waals surface area contributed by atoms with Crippen LogP contribution in [0.25, 0.3) is 0 Å². The molecule has 2 nitrogen and oxygen atoms in total. The molecule has 0 radical (unpaired) electrons. The van der Waals surface area contributed by atoms with Crippen LogP contribution in [0.2, 0.25) is 0 Å². The Hall–Kier alpha value is -1.78. The number of benzene rings is 2. The molecule has 0 heterocycles. The molecule has 1 unspecified atom stereocenters. The van der Waals surface area contributed by atoms with Gasteiger partial charge < -0.3 is 11.1 Å². The van der Waals surface area contributed by atoms with Gasteiger partial charge >= 0.3 is 0 Å². The summed E-state index contributed by atoms with van der Waals surface area (Å²) in [5.41, 5.74) is 9.20. The molecular weight excluding hydrogens is 294 g/mol. The summed E-state index contributed by atoms with van der Waals surface area (Å²) < 4.78 is 27.5. The summed E-state index contributed by atoms with van der Waals surface area (Å²) in [5, 5.41) is 3.36. The molecule has 0 aliphatic rings. The van der Waals surface area contributed by atoms with Crippen LogP contribution in [0, 0.1) is 18.6 Å². The van der Waals surface area contributed by atoms with Gasteiger partial charge in [0.15, 0.2) is 0 Å². The number of aryl methyl sites for hydroxylation is 2. The van der Waals surface area contributed by atoms with Crippen molar-refractivity contribution in [2.45, 2.75) is 39.3 Å². The molecule has 0 amide bonds. The molecule has 0 fully saturated rings. The van der Waals surface area contributed by atoms with Gasteiger partial charge in [-0.15, -0.1) is 0 Å². The van der Waals surface area contributed by atoms with Crippen LogP contribution >= 0.6 is 0 Å². The Bertz CT molecular complexity index is 633. The van der Waals surface area contributed by atoms with E-state index in [-0.39, 0.29) is 6.04 Å². The van der Waals surface area contributed by atoms with E-state index in [9.17, 15) is 8.78 Å². The summed E-state index contributed by atoms with van der Waals surface area (Å²) in [7, 11) is 0. The molecule has 0 saturated heterocycles. The molecule has 2 aromatic rings. The lowest BCUT2D eigenvalue weighted by Gasteiger charge is -2.21. The molecule has 2 aromatic carbocycles. The third kappa shape index (κ3) is 4.60. The van der Waals surface area contributed by atoms with Crippen LogP contribution in [0.4, 0.5) is 8.78 Å². The molecule has 1 atom stereocenters. The number of halogens is 2. The zero-order chi connectivity index (χ0) is 16.8. The molecule has 0 aliphatic carbocycles. The third-order valence-electron chi connectivity index (χ3n) is 4.06. The van der Waals surface area contributed by atoms with Gasteiger partial charge in [-0.25, -0.2) is 8.78 Å². The van der Waals surface area contributed by atoms with Crippen molar-refractivity contribution < 1.29 is 8.78 Å². The average Bonchev–Trinajstić information content (AvgIpc) is 2.52. The molecular formula is C19H24F2N2. The lowest BCUT2D eigenvalue weighted by Crippen LogP contribution is -2.25. The molecule has 0 aromatic heterocycles. The standard InChI is InChI=1S/C19H24F2N2/c1-3-14-5-4-6-15(10-14)12-23-18(7-8-22)19-13(2)9-16(20)11-17(19)21/h4-6,9-11,18,23H,3,7-8,12,22H2,1-2H3. The van der Waals surface area contributed by atoms with Crippen LogP contribution in [0.3, 0.4) is 0 Å². The first-order valence-electron chi connectivity index (χ1n) is 8.02. The zero-order valence-corrected chi connectivity index (χ0v) is 13.7. The van der Waals surface area contributed by atoms with E-state index in [0.29, 0.717) is 30.6 Å². The van der Waals surface area contributed by atoms with E-state index in [1.807, 2.05) is 12.1 Å². The lowest BCUT2D eigenvalue weighted by atomic mass is 9.97. The van der Waals surface area contributed by atoms with Crippen LogP contribution in [0.1, 0.15) is 41.6 Å². The predicted molar refractivity (Wildman–Crippen MR) is 90.2 cm³/mol. The fraction of sp³-hybridized carbons (Fsp3) is 0.368. The van der Waals surface area contributed by atoms with Gasteiger partial charge in [-0.3, -0.25) is 0 Å². The van der Waals surface area contributed by atoms with Gasteiger partial charge in [0.2, 0.25) is 0 Å². The molecule has 0 saturated carbocycles. The minimum atomic E-state index is -0.550. The SMILES string of the molecule is CCc1cccc(CNC(CCN)c2c(C)cc(F)cc2F)c1. The fourth-order valence-electron chi connectivity index (χ4n) is 2.87. The van der Waals surface area contributed by atoms with Crippen LogP contribution in [-0.4, -0.2) is 6.54 Å². The lowest BCUT2D eigenvalue weighted by molar-refractivity contribution is 0.470. The zero-order valence-electron chi connectivity index (χ0n) is 13.7. The third-order valence-corrected chi connectivity index (χ3v) is 4.06. The minimum absolute atomic E-state index is 0.231. The van der Waals surface area contributed by atoms with E-state index in [2.05, 4.69) is 24.4 Å². The highest BCUT2D eigenvalue weighted by Gasteiger charge is 2.18. The maximum atomic E-state index is 14.2. The molecule has 0 spiro atoms. The van der Waals surface area contributed by atoms with Gasteiger partial charge in [0.1, 0.15) is 11.6 Å². The summed E-state index contributed by atoms with van der Waals surface area (Å²) in [6.07, 6.45) is 1.57. The summed E-state index contributed by atoms with van der Waals surface area (Å²) in [6, 6.07) is 10.4. The largest absolute Gasteiger partial charge is 0.330 e. The average molecular weight is 318 g/mol. The van der Waals surface area contributed by atoms with E-state index < -0.39 is 11.6 Å². The fourth-order valence-corrected chi connectivity index (χ4v) is 2.87. The Kier molecular flexibility index (Phi) is 6.25. The normalized spacial score (nSPS) is 12.4. The highest BCUT2D eigenvalue weighted by atomic mass is 19.1. The van der Waals surface area contributed by atoms with Gasteiger partial charge in [0, 0.05) is 24.2 Å². The van der Waals surface area contributed by atoms with Crippen molar-refractivity contribution in [2.24, 2.45) is 5.73 Å². The van der Waals surface area contributed by atoms with Crippen molar-refractivity contribution in [3.63, 3.8) is 0 Å². The molecule has 124 valence electrons. The highest BCUT2D eigenvalue weighted by molar-refractivity contribution is 5.31. The minimum Gasteiger partial charge on any atom is -0.330 e. The molecule has 3 N–H and O–H groups in total. The smallest absolute Gasteiger partial charge is 0.131 e. The molecule has 2 rings (SSSR count). The molecule has 0 aliphatic heterocycles. The van der Waals surface area contributed by atoms with Crippen molar-refractivity contribution in [2.75, 3.05) is 6.54 Å². The van der Waals surface area contributed by atoms with Crippen LogP contribution in [0.5, 0.6) is 0 Å². The van der Waals surface area contributed by atoms with Crippen molar-refractivity contribution in [3.8, 4) is 0 Å². The summed E-state index contributed by atoms with van der Waals surface area (Å²) >= 11 is 0. The predicted octanol–water partition coefficient (Wildman–Crippen LogP) is 4.02. The van der Waals surface area contributed by atoms with Gasteiger partial charge in [-0.05, 0) is 49.1 Å². The Morgan fingerprint density at radius 3 is 2.52 bits per heavy atom. The molecule has 4 heteroatoms. The van der Waals surface area contributed by atoms with E-state index >= 15 is 0 Å². The maximum Gasteiger partial charge on any atom is 0.131 e. The van der Waals surface area contributed by atoms with E-state index in [0.717, 1.165) is 18.1 Å². The quantitative estimate of drug-likeness (QED) is 0.809. The number of nitrogens with two attached hydrogens (primary N) is 1. The van der Waals surface area contributed by atoms with Crippen molar-refractivity contribution in [3.05, 3.63) is 70.3 Å². The Balaban J connectivity index is 2.19. The first kappa shape index (κ1) is 17.6. The summed E-state index contributed by atoms with van der Waals surface area (Å²) in [4.78, 5) is 0. The van der Waals surface area contributed by atoms with Crippen LogP contribution < -0.4 is 11.1 Å². The van der Waals surface area contributed by atoms with E-state index in [1.165, 1.54) is 11.6 Å². The van der Waals surface area contributed by atoms with Crippen LogP contribution in [-0.2, 0) is 13.0 Å². The van der Waals surface area contributed by atoms with E-state index in [1.54, 1.807) is 6.92 Å². The topological polar surface area (TPSA) is 38.0 Å². The number of hydrogen-bond donors (Lipinski definition) is 2. The first-order valence-corrected chi connectivity index (χ1v) is 8.02. The van der Waals surface area contributed by atoms with Crippen LogP contribution in [0.15, 0.2) is 36.4 Å². The number of rotatable bonds is 7. The van der Waals surface area contributed by atoms with Crippen molar-refractivity contribution >= 4 is 0 Å². The maximum absolute atomic E-state index is 14.2. The van der Waals surface area contributed by atoms with Gasteiger partial charge in [-0.1, -0.05) is 31.2 Å². The Labute approximate surface area is 136 Å². The Morgan fingerprint density at radius 2 is 1.87 bits per heavy atom. The Morgan fingerprint density at radius 1 is 1.13 bits per heavy atom. The second kappa shape index (κ2) is 8.18. The second-order valence-electron chi connectivity index (χ2n) is 5.80. The number of hydrogen-bond acceptors (Lipinski definition) is 2. The van der Waals surface area contributed by atoms with Crippen molar-refractivity contribution in [1.29, 1.82) is 0 Å². The van der Waals surface area contributed by atoms with Crippen molar-refractivity contribution in [1.82, 2.24) is 5.32 Å². The molecule has 23 heavy (non-hydrogen) atoms. The first-order chi connectivity index (χ1) is 11.0. The van der Waals surface area contributed by atoms with Gasteiger partial charge in [0.25, 0.3) is 0 Å². The number of nitrogens with one attached hydrogen (secondary N) is 1. The van der Waals surface area contributed by atoms with Gasteiger partial charge in [0.05, 0.1) is 0 Å². The summed E-state index contributed by atoms with van der Waals surface area (Å²) in [5.74, 6) is -1.07. The summed E-state index contributed by atoms with van der Waals surface area (Å²) in [6.45, 7) is 4.89. The van der Waals surface area contributed by atoms with E-state index in [4.69, 9.17) is 5.73 Å². The van der Waals surface area contributed by atoms with Gasteiger partial charge in [-0.2, -0.15) is 0 Å². The monoisotopic (exact) mass is 318 g/mol. The second-order valence-corrected chi connectivity index (χ2v) is 5.80. The highest BCUT2D eigenvalue weighted by Crippen LogP contribution is 2.25. The molecule has 0 bridgehead atoms.